The van der Waals surface area contributed by atoms with E-state index in [0.717, 1.165) is 13.0 Å². The molecule has 0 amide bonds. The lowest BCUT2D eigenvalue weighted by molar-refractivity contribution is 0.163. The Labute approximate surface area is 65.6 Å². The van der Waals surface area contributed by atoms with Gasteiger partial charge in [-0.2, -0.15) is 0 Å². The summed E-state index contributed by atoms with van der Waals surface area (Å²) < 4.78 is 5.32. The molecule has 1 nitrogen and oxygen atoms in total. The Bertz CT molecular complexity index is 87.1. The highest BCUT2D eigenvalue weighted by Gasteiger charge is 1.82. The second-order valence-corrected chi connectivity index (χ2v) is 2.58. The third-order valence-corrected chi connectivity index (χ3v) is 1.01. The molecule has 0 atom stereocenters. The predicted octanol–water partition coefficient (Wildman–Crippen LogP) is 2.73. The molecule has 0 saturated carbocycles. The van der Waals surface area contributed by atoms with Crippen molar-refractivity contribution < 1.29 is 4.74 Å². The monoisotopic (exact) mass is 168 g/mol. The fourth-order valence-electron chi connectivity index (χ4n) is 0.350. The van der Waals surface area contributed by atoms with E-state index in [1.807, 2.05) is 6.92 Å². The van der Waals surface area contributed by atoms with Crippen LogP contribution in [0.25, 0.3) is 0 Å². The standard InChI is InChI=1S/C6H10Cl2O/c1-2-4-9-5-3-6(7)8/h3H,2,4-5H2,1H3. The minimum Gasteiger partial charge on any atom is -0.377 e. The summed E-state index contributed by atoms with van der Waals surface area (Å²) >= 11 is 10.6. The molecule has 0 N–H and O–H groups in total. The molecule has 9 heavy (non-hydrogen) atoms. The van der Waals surface area contributed by atoms with Crippen LogP contribution in [0.1, 0.15) is 13.3 Å². The smallest absolute Gasteiger partial charge is 0.105 e. The van der Waals surface area contributed by atoms with Crippen molar-refractivity contribution in [2.45, 2.75) is 13.3 Å². The van der Waals surface area contributed by atoms with E-state index in [1.54, 1.807) is 6.08 Å². The SMILES string of the molecule is CCCOCC=C(Cl)Cl. The van der Waals surface area contributed by atoms with E-state index in [-0.39, 0.29) is 4.49 Å². The molecule has 0 aliphatic carbocycles. The molecule has 0 fully saturated rings. The summed E-state index contributed by atoms with van der Waals surface area (Å²) in [6.07, 6.45) is 2.65. The maximum atomic E-state index is 5.30. The number of ether oxygens (including phenoxy) is 1. The van der Waals surface area contributed by atoms with Crippen LogP contribution in [0.4, 0.5) is 0 Å². The average molecular weight is 169 g/mol. The quantitative estimate of drug-likeness (QED) is 0.588. The Morgan fingerprint density at radius 1 is 1.56 bits per heavy atom. The Hall–Kier alpha value is 0.280. The third-order valence-electron chi connectivity index (χ3n) is 0.704. The van der Waals surface area contributed by atoms with Gasteiger partial charge in [-0.05, 0) is 12.5 Å². The molecule has 0 saturated heterocycles. The lowest BCUT2D eigenvalue weighted by Gasteiger charge is -1.94. The molecule has 0 heterocycles. The van der Waals surface area contributed by atoms with Crippen LogP contribution in [0.2, 0.25) is 0 Å². The van der Waals surface area contributed by atoms with Crippen molar-refractivity contribution in [1.29, 1.82) is 0 Å². The van der Waals surface area contributed by atoms with Crippen molar-refractivity contribution in [2.75, 3.05) is 13.2 Å². The molecule has 0 radical (unpaired) electrons. The van der Waals surface area contributed by atoms with Crippen LogP contribution < -0.4 is 0 Å². The first-order valence-corrected chi connectivity index (χ1v) is 3.62. The Balaban J connectivity index is 3.00. The van der Waals surface area contributed by atoms with Crippen LogP contribution in [-0.4, -0.2) is 13.2 Å². The second-order valence-electron chi connectivity index (χ2n) is 1.57. The van der Waals surface area contributed by atoms with Crippen LogP contribution in [-0.2, 0) is 4.74 Å². The fourth-order valence-corrected chi connectivity index (χ4v) is 0.476. The zero-order valence-corrected chi connectivity index (χ0v) is 6.87. The van der Waals surface area contributed by atoms with E-state index in [4.69, 9.17) is 27.9 Å². The van der Waals surface area contributed by atoms with Gasteiger partial charge >= 0.3 is 0 Å². The van der Waals surface area contributed by atoms with Gasteiger partial charge in [0.25, 0.3) is 0 Å². The summed E-state index contributed by atoms with van der Waals surface area (Å²) in [5.74, 6) is 0. The molecule has 0 aromatic heterocycles. The van der Waals surface area contributed by atoms with Crippen LogP contribution >= 0.6 is 23.2 Å². The van der Waals surface area contributed by atoms with E-state index >= 15 is 0 Å². The molecule has 3 heteroatoms. The Morgan fingerprint density at radius 2 is 2.22 bits per heavy atom. The first-order valence-electron chi connectivity index (χ1n) is 2.86. The van der Waals surface area contributed by atoms with Gasteiger partial charge in [-0.15, -0.1) is 0 Å². The van der Waals surface area contributed by atoms with Crippen molar-refractivity contribution in [3.05, 3.63) is 10.6 Å². The molecule has 54 valence electrons. The van der Waals surface area contributed by atoms with Gasteiger partial charge in [-0.1, -0.05) is 30.1 Å². The van der Waals surface area contributed by atoms with Crippen LogP contribution in [0.15, 0.2) is 10.6 Å². The van der Waals surface area contributed by atoms with Gasteiger partial charge < -0.3 is 4.74 Å². The van der Waals surface area contributed by atoms with Gasteiger partial charge in [-0.3, -0.25) is 0 Å². The highest BCUT2D eigenvalue weighted by molar-refractivity contribution is 6.55. The molecule has 0 aliphatic rings. The van der Waals surface area contributed by atoms with Crippen molar-refractivity contribution in [1.82, 2.24) is 0 Å². The topological polar surface area (TPSA) is 9.23 Å². The normalized spacial score (nSPS) is 9.22. The van der Waals surface area contributed by atoms with Crippen molar-refractivity contribution in [2.24, 2.45) is 0 Å². The van der Waals surface area contributed by atoms with Crippen LogP contribution in [0, 0.1) is 0 Å². The molecule has 0 aromatic rings. The average Bonchev–Trinajstić information content (AvgIpc) is 1.80. The summed E-state index contributed by atoms with van der Waals surface area (Å²) in [6.45, 7) is 3.32. The summed E-state index contributed by atoms with van der Waals surface area (Å²) in [5.41, 5.74) is 0. The summed E-state index contributed by atoms with van der Waals surface area (Å²) in [5, 5.41) is 0. The number of hydrogen-bond donors (Lipinski definition) is 0. The van der Waals surface area contributed by atoms with Gasteiger partial charge in [0.1, 0.15) is 4.49 Å². The van der Waals surface area contributed by atoms with E-state index in [9.17, 15) is 0 Å². The van der Waals surface area contributed by atoms with Crippen molar-refractivity contribution in [3.8, 4) is 0 Å². The van der Waals surface area contributed by atoms with Crippen LogP contribution in [0.5, 0.6) is 0 Å². The van der Waals surface area contributed by atoms with E-state index < -0.39 is 0 Å². The Kier molecular flexibility index (Phi) is 6.60. The molecular weight excluding hydrogens is 159 g/mol. The Morgan fingerprint density at radius 3 is 2.67 bits per heavy atom. The third kappa shape index (κ3) is 8.28. The maximum Gasteiger partial charge on any atom is 0.105 e. The van der Waals surface area contributed by atoms with E-state index in [1.165, 1.54) is 0 Å². The first kappa shape index (κ1) is 9.28. The summed E-state index contributed by atoms with van der Waals surface area (Å²) in [6, 6.07) is 0. The molecule has 0 spiro atoms. The highest BCUT2D eigenvalue weighted by Crippen LogP contribution is 2.04. The summed E-state index contributed by atoms with van der Waals surface area (Å²) in [7, 11) is 0. The zero-order valence-electron chi connectivity index (χ0n) is 5.36. The number of rotatable bonds is 4. The molecular formula is C6H10Cl2O. The van der Waals surface area contributed by atoms with Gasteiger partial charge in [0.15, 0.2) is 0 Å². The van der Waals surface area contributed by atoms with Gasteiger partial charge in [-0.25, -0.2) is 0 Å². The second kappa shape index (κ2) is 6.40. The minimum absolute atomic E-state index is 0.270. The number of halogens is 2. The predicted molar refractivity (Wildman–Crippen MR) is 40.9 cm³/mol. The van der Waals surface area contributed by atoms with Gasteiger partial charge in [0.05, 0.1) is 6.61 Å². The molecule has 0 bridgehead atoms. The molecule has 0 rings (SSSR count). The van der Waals surface area contributed by atoms with Gasteiger partial charge in [0, 0.05) is 6.61 Å². The molecule has 0 aromatic carbocycles. The largest absolute Gasteiger partial charge is 0.377 e. The van der Waals surface area contributed by atoms with Gasteiger partial charge in [0.2, 0.25) is 0 Å². The van der Waals surface area contributed by atoms with Crippen LogP contribution in [0.3, 0.4) is 0 Å². The van der Waals surface area contributed by atoms with Crippen molar-refractivity contribution >= 4 is 23.2 Å². The lowest BCUT2D eigenvalue weighted by atomic mass is 10.5. The number of hydrogen-bond acceptors (Lipinski definition) is 1. The van der Waals surface area contributed by atoms with E-state index in [2.05, 4.69) is 0 Å². The molecule has 0 unspecified atom stereocenters. The fraction of sp³-hybridized carbons (Fsp3) is 0.667. The zero-order chi connectivity index (χ0) is 7.11. The maximum absolute atomic E-state index is 5.30. The van der Waals surface area contributed by atoms with E-state index in [0.29, 0.717) is 6.61 Å². The molecule has 0 aliphatic heterocycles. The van der Waals surface area contributed by atoms with Crippen molar-refractivity contribution in [3.63, 3.8) is 0 Å². The highest BCUT2D eigenvalue weighted by atomic mass is 35.5. The first-order chi connectivity index (χ1) is 4.27. The summed E-state index contributed by atoms with van der Waals surface area (Å²) in [4.78, 5) is 0. The minimum atomic E-state index is 0.270. The lowest BCUT2D eigenvalue weighted by Crippen LogP contribution is -1.91.